The second kappa shape index (κ2) is 46.8. The lowest BCUT2D eigenvalue weighted by Gasteiger charge is -2.18. The smallest absolute Gasteiger partial charge is 0.306 e. The quantitative estimate of drug-likeness (QED) is 0.0264. The molecule has 0 heterocycles. The normalized spacial score (nSPS) is 12.5. The average Bonchev–Trinajstić information content (AvgIpc) is 3.22. The number of carbonyl (C=O) groups is 3. The molecule has 58 heavy (non-hydrogen) atoms. The number of esters is 3. The Kier molecular flexibility index (Phi) is 44.5. The molecule has 0 amide bonds. The van der Waals surface area contributed by atoms with E-state index in [1.165, 1.54) is 109 Å². The molecule has 0 bridgehead atoms. The first-order valence-electron chi connectivity index (χ1n) is 24.4. The molecule has 0 rings (SSSR count). The van der Waals surface area contributed by atoms with Crippen LogP contribution in [0.3, 0.4) is 0 Å². The van der Waals surface area contributed by atoms with Crippen molar-refractivity contribution in [1.82, 2.24) is 0 Å². The van der Waals surface area contributed by atoms with E-state index in [0.29, 0.717) is 19.3 Å². The van der Waals surface area contributed by atoms with Crippen molar-refractivity contribution in [3.05, 3.63) is 60.8 Å². The van der Waals surface area contributed by atoms with Crippen LogP contribution in [-0.2, 0) is 28.6 Å². The molecule has 0 aromatic rings. The molecule has 6 heteroatoms. The van der Waals surface area contributed by atoms with Crippen molar-refractivity contribution in [2.75, 3.05) is 13.2 Å². The molecule has 1 atom stereocenters. The molecule has 0 aliphatic carbocycles. The maximum absolute atomic E-state index is 12.7. The molecule has 0 aromatic heterocycles. The standard InChI is InChI=1S/C52H90O6/c1-4-7-10-13-16-19-22-24-25-26-27-28-29-31-33-36-39-42-45-51(54)57-48-49(47-56-50(53)44-41-38-35-32-21-18-15-12-9-6-3)58-52(55)46-43-40-37-34-30-23-20-17-14-11-8-5-2/h10,13,16,19,22,24-28,49H,4-9,11-12,14-15,17-18,20-21,23,29-48H2,1-3H3/b13-10-,19-16-,24-22-,26-25-,28-27-. The number of ether oxygens (including phenoxy) is 3. The zero-order valence-electron chi connectivity index (χ0n) is 38.0. The van der Waals surface area contributed by atoms with Crippen LogP contribution < -0.4 is 0 Å². The molecule has 0 spiro atoms. The van der Waals surface area contributed by atoms with E-state index < -0.39 is 6.10 Å². The van der Waals surface area contributed by atoms with E-state index >= 15 is 0 Å². The number of unbranched alkanes of at least 4 members (excludes halogenated alkanes) is 26. The summed E-state index contributed by atoms with van der Waals surface area (Å²) in [5.41, 5.74) is 0. The molecule has 0 aliphatic heterocycles. The highest BCUT2D eigenvalue weighted by Crippen LogP contribution is 2.15. The second-order valence-electron chi connectivity index (χ2n) is 16.2. The van der Waals surface area contributed by atoms with Crippen molar-refractivity contribution in [1.29, 1.82) is 0 Å². The maximum Gasteiger partial charge on any atom is 0.306 e. The minimum absolute atomic E-state index is 0.0800. The van der Waals surface area contributed by atoms with Crippen LogP contribution in [0.2, 0.25) is 0 Å². The van der Waals surface area contributed by atoms with Crippen LogP contribution in [-0.4, -0.2) is 37.2 Å². The molecule has 0 saturated heterocycles. The molecule has 0 saturated carbocycles. The molecule has 0 N–H and O–H groups in total. The summed E-state index contributed by atoms with van der Waals surface area (Å²) >= 11 is 0. The van der Waals surface area contributed by atoms with Crippen LogP contribution in [0.15, 0.2) is 60.8 Å². The van der Waals surface area contributed by atoms with Crippen LogP contribution in [0.25, 0.3) is 0 Å². The lowest BCUT2D eigenvalue weighted by molar-refractivity contribution is -0.167. The third-order valence-corrected chi connectivity index (χ3v) is 10.4. The van der Waals surface area contributed by atoms with E-state index in [-0.39, 0.29) is 31.1 Å². The number of hydrogen-bond acceptors (Lipinski definition) is 6. The number of carbonyl (C=O) groups excluding carboxylic acids is 3. The van der Waals surface area contributed by atoms with Gasteiger partial charge in [0.05, 0.1) is 0 Å². The Morgan fingerprint density at radius 2 is 0.655 bits per heavy atom. The molecule has 1 unspecified atom stereocenters. The Labute approximate surface area is 358 Å². The van der Waals surface area contributed by atoms with Gasteiger partial charge in [0.15, 0.2) is 6.10 Å². The Morgan fingerprint density at radius 1 is 0.345 bits per heavy atom. The summed E-state index contributed by atoms with van der Waals surface area (Å²) in [6, 6.07) is 0. The van der Waals surface area contributed by atoms with Crippen LogP contribution in [0.5, 0.6) is 0 Å². The van der Waals surface area contributed by atoms with Crippen molar-refractivity contribution in [2.45, 2.75) is 239 Å². The van der Waals surface area contributed by atoms with Crippen molar-refractivity contribution in [2.24, 2.45) is 0 Å². The zero-order valence-corrected chi connectivity index (χ0v) is 38.0. The van der Waals surface area contributed by atoms with Crippen LogP contribution in [0.4, 0.5) is 0 Å². The molecule has 6 nitrogen and oxygen atoms in total. The third kappa shape index (κ3) is 44.2. The Balaban J connectivity index is 4.39. The van der Waals surface area contributed by atoms with Crippen LogP contribution >= 0.6 is 0 Å². The van der Waals surface area contributed by atoms with E-state index in [2.05, 4.69) is 57.2 Å². The summed E-state index contributed by atoms with van der Waals surface area (Å²) in [6.45, 7) is 6.51. The highest BCUT2D eigenvalue weighted by molar-refractivity contribution is 5.71. The van der Waals surface area contributed by atoms with Gasteiger partial charge in [0.1, 0.15) is 13.2 Å². The maximum atomic E-state index is 12.7. The molecular weight excluding hydrogens is 721 g/mol. The van der Waals surface area contributed by atoms with Crippen LogP contribution in [0, 0.1) is 0 Å². The minimum atomic E-state index is -0.779. The van der Waals surface area contributed by atoms with Gasteiger partial charge in [-0.3, -0.25) is 14.4 Å². The fourth-order valence-electron chi connectivity index (χ4n) is 6.71. The topological polar surface area (TPSA) is 78.9 Å². The van der Waals surface area contributed by atoms with E-state index in [1.54, 1.807) is 0 Å². The van der Waals surface area contributed by atoms with E-state index in [0.717, 1.165) is 83.5 Å². The molecule has 334 valence electrons. The summed E-state index contributed by atoms with van der Waals surface area (Å²) in [5, 5.41) is 0. The first-order chi connectivity index (χ1) is 28.5. The highest BCUT2D eigenvalue weighted by atomic mass is 16.6. The van der Waals surface area contributed by atoms with Gasteiger partial charge in [-0.25, -0.2) is 0 Å². The SMILES string of the molecule is CCC\C=C/C=C\C=C/C=C\C=C/CCCCCCCC(=O)OCC(COC(=O)CCCCCCCCCCCC)OC(=O)CCCCCCCCCCCCCC. The summed E-state index contributed by atoms with van der Waals surface area (Å²) in [4.78, 5) is 37.8. The molecular formula is C52H90O6. The first kappa shape index (κ1) is 55.1. The van der Waals surface area contributed by atoms with Gasteiger partial charge in [-0.05, 0) is 38.5 Å². The predicted molar refractivity (Wildman–Crippen MR) is 247 cm³/mol. The molecule has 0 radical (unpaired) electrons. The summed E-state index contributed by atoms with van der Waals surface area (Å²) in [6.07, 6.45) is 56.2. The fourth-order valence-corrected chi connectivity index (χ4v) is 6.71. The van der Waals surface area contributed by atoms with E-state index in [1.807, 2.05) is 24.3 Å². The van der Waals surface area contributed by atoms with Gasteiger partial charge in [0, 0.05) is 19.3 Å². The number of allylic oxidation sites excluding steroid dienone is 10. The molecule has 0 aliphatic rings. The van der Waals surface area contributed by atoms with E-state index in [9.17, 15) is 14.4 Å². The second-order valence-corrected chi connectivity index (χ2v) is 16.2. The van der Waals surface area contributed by atoms with Gasteiger partial charge in [-0.15, -0.1) is 0 Å². The van der Waals surface area contributed by atoms with Crippen molar-refractivity contribution < 1.29 is 28.6 Å². The Bertz CT molecular complexity index is 1070. The monoisotopic (exact) mass is 811 g/mol. The van der Waals surface area contributed by atoms with Gasteiger partial charge < -0.3 is 14.2 Å². The molecule has 0 aromatic carbocycles. The van der Waals surface area contributed by atoms with E-state index in [4.69, 9.17) is 14.2 Å². The summed E-state index contributed by atoms with van der Waals surface area (Å²) in [7, 11) is 0. The lowest BCUT2D eigenvalue weighted by atomic mass is 10.0. The fraction of sp³-hybridized carbons (Fsp3) is 0.750. The number of hydrogen-bond donors (Lipinski definition) is 0. The molecule has 0 fully saturated rings. The Morgan fingerprint density at radius 3 is 1.03 bits per heavy atom. The highest BCUT2D eigenvalue weighted by Gasteiger charge is 2.19. The summed E-state index contributed by atoms with van der Waals surface area (Å²) in [5.74, 6) is -0.905. The first-order valence-corrected chi connectivity index (χ1v) is 24.4. The predicted octanol–water partition coefficient (Wildman–Crippen LogP) is 15.7. The van der Waals surface area contributed by atoms with Gasteiger partial charge >= 0.3 is 17.9 Å². The minimum Gasteiger partial charge on any atom is -0.462 e. The largest absolute Gasteiger partial charge is 0.462 e. The van der Waals surface area contributed by atoms with Crippen molar-refractivity contribution in [3.63, 3.8) is 0 Å². The number of rotatable bonds is 43. The summed E-state index contributed by atoms with van der Waals surface area (Å²) < 4.78 is 16.7. The van der Waals surface area contributed by atoms with Gasteiger partial charge in [0.2, 0.25) is 0 Å². The third-order valence-electron chi connectivity index (χ3n) is 10.4. The van der Waals surface area contributed by atoms with Gasteiger partial charge in [-0.2, -0.15) is 0 Å². The zero-order chi connectivity index (χ0) is 42.3. The van der Waals surface area contributed by atoms with Crippen molar-refractivity contribution in [3.8, 4) is 0 Å². The van der Waals surface area contributed by atoms with Gasteiger partial charge in [-0.1, -0.05) is 236 Å². The van der Waals surface area contributed by atoms with Gasteiger partial charge in [0.25, 0.3) is 0 Å². The lowest BCUT2D eigenvalue weighted by Crippen LogP contribution is -2.30. The Hall–Kier alpha value is -2.89. The average molecular weight is 811 g/mol. The van der Waals surface area contributed by atoms with Crippen molar-refractivity contribution >= 4 is 17.9 Å². The van der Waals surface area contributed by atoms with Crippen LogP contribution in [0.1, 0.15) is 233 Å².